The van der Waals surface area contributed by atoms with Gasteiger partial charge in [-0.25, -0.2) is 4.79 Å². The van der Waals surface area contributed by atoms with E-state index in [1.165, 1.54) is 87.0 Å². The molecule has 2 aliphatic carbocycles. The van der Waals surface area contributed by atoms with Crippen LogP contribution in [0.25, 0.3) is 0 Å². The first-order valence-corrected chi connectivity index (χ1v) is 24.0. The lowest BCUT2D eigenvalue weighted by Gasteiger charge is -2.24. The minimum absolute atomic E-state index is 0.0173. The van der Waals surface area contributed by atoms with Crippen LogP contribution in [0, 0.1) is 11.8 Å². The molecule has 2 saturated carbocycles. The molecule has 40 N–H and O–H groups in total. The summed E-state index contributed by atoms with van der Waals surface area (Å²) in [6.07, 6.45) is 26.2. The maximum Gasteiger partial charge on any atom is 0.333 e. The molecule has 5 aliphatic rings. The van der Waals surface area contributed by atoms with Crippen molar-refractivity contribution < 1.29 is 43.2 Å². The second-order valence-electron chi connectivity index (χ2n) is 15.8. The Bertz CT molecular complexity index is 1460. The van der Waals surface area contributed by atoms with Crippen molar-refractivity contribution in [1.29, 1.82) is 0 Å². The number of nitrogens with two attached hydrogens (primary N) is 19. The molecule has 436 valence electrons. The molecule has 3 unspecified atom stereocenters. The average Bonchev–Trinajstić information content (AvgIpc) is 4.04. The van der Waals surface area contributed by atoms with Crippen molar-refractivity contribution in [1.82, 2.24) is 25.7 Å². The number of rotatable bonds is 12. The Morgan fingerprint density at radius 1 is 0.527 bits per heavy atom. The van der Waals surface area contributed by atoms with E-state index in [-0.39, 0.29) is 55.6 Å². The molecule has 7 amide bonds. The highest BCUT2D eigenvalue weighted by atomic mass is 16.7. The van der Waals surface area contributed by atoms with Crippen LogP contribution in [0.15, 0.2) is 24.3 Å². The maximum absolute atomic E-state index is 12.7. The lowest BCUT2D eigenvalue weighted by molar-refractivity contribution is -0.198. The van der Waals surface area contributed by atoms with Crippen molar-refractivity contribution in [2.75, 3.05) is 13.1 Å². The van der Waals surface area contributed by atoms with Gasteiger partial charge in [-0.3, -0.25) is 149 Å². The van der Waals surface area contributed by atoms with E-state index in [1.807, 2.05) is 0 Å². The van der Waals surface area contributed by atoms with Crippen molar-refractivity contribution in [2.24, 2.45) is 123 Å². The fourth-order valence-corrected chi connectivity index (χ4v) is 8.07. The molecule has 5 rings (SSSR count). The second kappa shape index (κ2) is 58.9. The number of carbonyl (C=O) groups excluding carboxylic acids is 8. The average molecular weight is 1070 g/mol. The van der Waals surface area contributed by atoms with Gasteiger partial charge in [-0.05, 0) is 44.4 Å². The third-order valence-electron chi connectivity index (χ3n) is 11.2. The Hall–Kier alpha value is -4.96. The van der Waals surface area contributed by atoms with E-state index in [2.05, 4.69) is 110 Å². The molecule has 0 aromatic carbocycles. The molecular weight excluding hydrogens is 973 g/mol. The molecule has 1 saturated heterocycles. The molecule has 33 heteroatoms. The Morgan fingerprint density at radius 2 is 0.878 bits per heavy atom. The van der Waals surface area contributed by atoms with Gasteiger partial charge in [0.25, 0.3) is 35.4 Å². The van der Waals surface area contributed by atoms with E-state index in [0.717, 1.165) is 56.3 Å². The fraction of sp³-hybridized carbons (Fsp3) is 0.707. The molecule has 0 spiro atoms. The summed E-state index contributed by atoms with van der Waals surface area (Å²) < 4.78 is 0. The summed E-state index contributed by atoms with van der Waals surface area (Å²) in [5, 5.41) is 3.72. The largest absolute Gasteiger partial charge is 0.353 e. The summed E-state index contributed by atoms with van der Waals surface area (Å²) in [5.74, 6) is 69.7. The first kappa shape index (κ1) is 80.4. The quantitative estimate of drug-likeness (QED) is 0.0491. The minimum atomic E-state index is -0.715. The molecular formula is C41H98N24O9. The van der Waals surface area contributed by atoms with Gasteiger partial charge in [0.05, 0.1) is 5.92 Å². The van der Waals surface area contributed by atoms with Gasteiger partial charge in [0.2, 0.25) is 5.91 Å². The van der Waals surface area contributed by atoms with Crippen LogP contribution >= 0.6 is 0 Å². The van der Waals surface area contributed by atoms with Crippen molar-refractivity contribution in [2.45, 2.75) is 160 Å². The number of nitrogens with zero attached hydrogens (tertiary/aromatic N) is 3. The summed E-state index contributed by atoms with van der Waals surface area (Å²) in [6, 6.07) is 0.293. The normalized spacial score (nSPS) is 19.2. The van der Waals surface area contributed by atoms with E-state index < -0.39 is 35.5 Å². The van der Waals surface area contributed by atoms with Gasteiger partial charge in [0.15, 0.2) is 0 Å². The van der Waals surface area contributed by atoms with Gasteiger partial charge >= 0.3 is 5.97 Å². The molecule has 0 radical (unpaired) electrons. The van der Waals surface area contributed by atoms with Gasteiger partial charge in [0.1, 0.15) is 0 Å². The van der Waals surface area contributed by atoms with Crippen LogP contribution in [0.4, 0.5) is 0 Å². The number of carbonyl (C=O) groups is 8. The van der Waals surface area contributed by atoms with Gasteiger partial charge < -0.3 is 15.9 Å². The molecule has 33 nitrogen and oxygen atoms in total. The number of hydrazine groups is 10. The SMILES string of the molecule is NC1CCCCCCCC(NC(=O)CCCN2C(=O)C=CC2=O)C1.NN.NN.NN.NN.NN.NN.NN.NN.NNN.O=C(CCCN1C(=O)C=CC1=O)ON1C(=O)CC(CC2CCCCCCCCC2)C1=O. The van der Waals surface area contributed by atoms with Gasteiger partial charge in [-0.1, -0.05) is 89.9 Å². The Balaban J connectivity index is -0.000000239. The van der Waals surface area contributed by atoms with E-state index in [1.54, 1.807) is 5.53 Å². The third kappa shape index (κ3) is 38.6. The predicted octanol–water partition coefficient (Wildman–Crippen LogP) is -6.43. The van der Waals surface area contributed by atoms with Crippen LogP contribution in [0.5, 0.6) is 0 Å². The molecule has 3 fully saturated rings. The van der Waals surface area contributed by atoms with Crippen LogP contribution < -0.4 is 122 Å². The lowest BCUT2D eigenvalue weighted by atomic mass is 9.85. The molecule has 3 heterocycles. The molecule has 3 atom stereocenters. The topological polar surface area (TPSA) is 674 Å². The minimum Gasteiger partial charge on any atom is -0.353 e. The number of hydrogen-bond acceptors (Lipinski definition) is 29. The number of amides is 7. The summed E-state index contributed by atoms with van der Waals surface area (Å²) in [4.78, 5) is 102. The van der Waals surface area contributed by atoms with Crippen LogP contribution in [0.1, 0.15) is 148 Å². The van der Waals surface area contributed by atoms with E-state index in [4.69, 9.17) is 10.6 Å². The van der Waals surface area contributed by atoms with E-state index >= 15 is 0 Å². The Labute approximate surface area is 435 Å². The summed E-state index contributed by atoms with van der Waals surface area (Å²) in [6.45, 7) is 0.383. The predicted molar refractivity (Wildman–Crippen MR) is 281 cm³/mol. The van der Waals surface area contributed by atoms with Crippen LogP contribution in [0.3, 0.4) is 0 Å². The van der Waals surface area contributed by atoms with Crippen LogP contribution in [-0.2, 0) is 43.2 Å². The first-order valence-electron chi connectivity index (χ1n) is 24.0. The lowest BCUT2D eigenvalue weighted by Crippen LogP contribution is -2.40. The van der Waals surface area contributed by atoms with Crippen molar-refractivity contribution in [3.63, 3.8) is 0 Å². The zero-order valence-electron chi connectivity index (χ0n) is 43.3. The smallest absolute Gasteiger partial charge is 0.333 e. The Kier molecular flexibility index (Phi) is 64.0. The van der Waals surface area contributed by atoms with Gasteiger partial charge in [0, 0.05) is 68.7 Å². The standard InChI is InChI=1S/C23H32N2O6.C18H29N3O3.H5N3.8H4N2/c26-19-12-13-20(27)24(19)14-8-11-22(29)31-25-21(28)16-18(23(25)30)15-17-9-6-4-2-1-3-5-7-10-17;19-14-7-4-2-1-3-5-8-15(13-14)20-16(22)9-6-12-21-17(23)10-11-18(21)24;1-3-2;8*1-2/h12-13,17-18H,1-11,14-16H2;10-11,14-15H,1-9,12-13,19H2,(H,20,22);3H,1-2H2;8*1-2H2. The highest BCUT2D eigenvalue weighted by molar-refractivity contribution is 6.13. The molecule has 0 aromatic rings. The zero-order chi connectivity index (χ0) is 58.3. The number of hydroxylamine groups is 2. The first-order chi connectivity index (χ1) is 35.9. The van der Waals surface area contributed by atoms with Crippen LogP contribution in [0.2, 0.25) is 0 Å². The number of hydrogen-bond donors (Lipinski definition) is 21. The van der Waals surface area contributed by atoms with Gasteiger partial charge in [-0.15, -0.1) is 5.06 Å². The summed E-state index contributed by atoms with van der Waals surface area (Å²) in [7, 11) is 0. The fourth-order valence-electron chi connectivity index (χ4n) is 8.07. The highest BCUT2D eigenvalue weighted by Crippen LogP contribution is 2.32. The number of imide groups is 3. The summed E-state index contributed by atoms with van der Waals surface area (Å²) in [5.41, 5.74) is 7.91. The molecule has 0 bridgehead atoms. The molecule has 3 aliphatic heterocycles. The van der Waals surface area contributed by atoms with Crippen LogP contribution in [-0.4, -0.2) is 87.4 Å². The molecule has 74 heavy (non-hydrogen) atoms. The zero-order valence-corrected chi connectivity index (χ0v) is 43.3. The molecule has 0 aromatic heterocycles. The highest BCUT2D eigenvalue weighted by Gasteiger charge is 2.42. The maximum atomic E-state index is 12.7. The number of nitrogens with one attached hydrogen (secondary N) is 2. The van der Waals surface area contributed by atoms with Crippen molar-refractivity contribution >= 4 is 47.3 Å². The monoisotopic (exact) mass is 1070 g/mol. The van der Waals surface area contributed by atoms with E-state index in [0.29, 0.717) is 36.8 Å². The van der Waals surface area contributed by atoms with E-state index in [9.17, 15) is 38.4 Å². The van der Waals surface area contributed by atoms with Gasteiger partial charge in [-0.2, -0.15) is 5.53 Å². The summed E-state index contributed by atoms with van der Waals surface area (Å²) >= 11 is 0. The van der Waals surface area contributed by atoms with Crippen molar-refractivity contribution in [3.8, 4) is 0 Å². The second-order valence-corrected chi connectivity index (χ2v) is 15.8. The third-order valence-corrected chi connectivity index (χ3v) is 11.2. The Morgan fingerprint density at radius 3 is 1.28 bits per heavy atom. The van der Waals surface area contributed by atoms with Crippen molar-refractivity contribution in [3.05, 3.63) is 24.3 Å².